The standard InChI is InChI=1S/C13H20N2O4/c1-5-18-13(17)11-7-9(3)15(10(11)4)8-12(16)14-19-6-2/h7H,5-6,8H2,1-4H3,(H,14,16). The monoisotopic (exact) mass is 268 g/mol. The Kier molecular flexibility index (Phi) is 5.57. The highest BCUT2D eigenvalue weighted by Gasteiger charge is 2.17. The minimum absolute atomic E-state index is 0.108. The predicted molar refractivity (Wildman–Crippen MR) is 69.6 cm³/mol. The molecule has 1 heterocycles. The van der Waals surface area contributed by atoms with Gasteiger partial charge in [0.05, 0.1) is 18.8 Å². The van der Waals surface area contributed by atoms with Crippen LogP contribution in [0.4, 0.5) is 0 Å². The summed E-state index contributed by atoms with van der Waals surface area (Å²) in [4.78, 5) is 28.2. The number of hydrogen-bond acceptors (Lipinski definition) is 4. The van der Waals surface area contributed by atoms with E-state index in [2.05, 4.69) is 5.48 Å². The van der Waals surface area contributed by atoms with Crippen molar-refractivity contribution in [3.05, 3.63) is 23.0 Å². The number of hydroxylamine groups is 1. The zero-order valence-corrected chi connectivity index (χ0v) is 11.8. The number of carbonyl (C=O) groups is 2. The third kappa shape index (κ3) is 3.82. The second-order valence-corrected chi connectivity index (χ2v) is 4.05. The molecule has 0 bridgehead atoms. The number of ether oxygens (including phenoxy) is 1. The molecule has 6 heteroatoms. The zero-order valence-electron chi connectivity index (χ0n) is 11.8. The van der Waals surface area contributed by atoms with Gasteiger partial charge in [0.1, 0.15) is 6.54 Å². The molecule has 1 amide bonds. The highest BCUT2D eigenvalue weighted by Crippen LogP contribution is 2.16. The zero-order chi connectivity index (χ0) is 14.4. The van der Waals surface area contributed by atoms with E-state index in [1.165, 1.54) is 0 Å². The Morgan fingerprint density at radius 2 is 1.95 bits per heavy atom. The molecule has 0 spiro atoms. The summed E-state index contributed by atoms with van der Waals surface area (Å²) >= 11 is 0. The first-order valence-corrected chi connectivity index (χ1v) is 6.25. The average Bonchev–Trinajstić information content (AvgIpc) is 2.64. The van der Waals surface area contributed by atoms with Crippen molar-refractivity contribution in [2.24, 2.45) is 0 Å². The summed E-state index contributed by atoms with van der Waals surface area (Å²) in [6.45, 7) is 8.00. The molecule has 1 N–H and O–H groups in total. The van der Waals surface area contributed by atoms with Gasteiger partial charge in [-0.05, 0) is 33.8 Å². The van der Waals surface area contributed by atoms with E-state index in [1.807, 2.05) is 6.92 Å². The Morgan fingerprint density at radius 1 is 1.26 bits per heavy atom. The quantitative estimate of drug-likeness (QED) is 0.624. The highest BCUT2D eigenvalue weighted by molar-refractivity contribution is 5.91. The molecule has 0 radical (unpaired) electrons. The van der Waals surface area contributed by atoms with Crippen molar-refractivity contribution in [3.8, 4) is 0 Å². The molecular formula is C13H20N2O4. The summed E-state index contributed by atoms with van der Waals surface area (Å²) in [6.07, 6.45) is 0. The lowest BCUT2D eigenvalue weighted by Crippen LogP contribution is -2.28. The molecule has 0 aliphatic heterocycles. The topological polar surface area (TPSA) is 69.6 Å². The molecule has 0 saturated heterocycles. The normalized spacial score (nSPS) is 10.3. The number of aromatic nitrogens is 1. The van der Waals surface area contributed by atoms with E-state index in [1.54, 1.807) is 31.4 Å². The van der Waals surface area contributed by atoms with Crippen LogP contribution in [0.1, 0.15) is 35.6 Å². The number of carbonyl (C=O) groups excluding carboxylic acids is 2. The summed E-state index contributed by atoms with van der Waals surface area (Å²) in [5.41, 5.74) is 4.35. The van der Waals surface area contributed by atoms with E-state index in [4.69, 9.17) is 9.57 Å². The van der Waals surface area contributed by atoms with Crippen LogP contribution in [0.2, 0.25) is 0 Å². The Hall–Kier alpha value is -1.82. The lowest BCUT2D eigenvalue weighted by molar-refractivity contribution is -0.133. The van der Waals surface area contributed by atoms with Crippen LogP contribution in [0.15, 0.2) is 6.07 Å². The maximum atomic E-state index is 11.7. The second kappa shape index (κ2) is 6.94. The third-order valence-corrected chi connectivity index (χ3v) is 2.70. The summed E-state index contributed by atoms with van der Waals surface area (Å²) in [6, 6.07) is 1.72. The van der Waals surface area contributed by atoms with Crippen LogP contribution in [0, 0.1) is 13.8 Å². The SMILES string of the molecule is CCONC(=O)Cn1c(C)cc(C(=O)OCC)c1C. The number of nitrogens with one attached hydrogen (secondary N) is 1. The van der Waals surface area contributed by atoms with E-state index in [0.717, 1.165) is 5.69 Å². The number of nitrogens with zero attached hydrogens (tertiary/aromatic N) is 1. The number of aryl methyl sites for hydroxylation is 1. The Balaban J connectivity index is 2.85. The van der Waals surface area contributed by atoms with Gasteiger partial charge in [0, 0.05) is 11.4 Å². The summed E-state index contributed by atoms with van der Waals surface area (Å²) in [7, 11) is 0. The first-order chi connectivity index (χ1) is 9.01. The van der Waals surface area contributed by atoms with Gasteiger partial charge in [-0.2, -0.15) is 0 Å². The molecule has 0 aromatic carbocycles. The molecule has 0 unspecified atom stereocenters. The van der Waals surface area contributed by atoms with Gasteiger partial charge in [-0.3, -0.25) is 9.63 Å². The molecule has 1 rings (SSSR count). The fourth-order valence-electron chi connectivity index (χ4n) is 1.79. The van der Waals surface area contributed by atoms with Crippen LogP contribution >= 0.6 is 0 Å². The molecule has 1 aromatic heterocycles. The minimum atomic E-state index is -0.368. The Morgan fingerprint density at radius 3 is 2.53 bits per heavy atom. The molecule has 106 valence electrons. The van der Waals surface area contributed by atoms with Crippen molar-refractivity contribution >= 4 is 11.9 Å². The minimum Gasteiger partial charge on any atom is -0.462 e. The maximum absolute atomic E-state index is 11.7. The fraction of sp³-hybridized carbons (Fsp3) is 0.538. The van der Waals surface area contributed by atoms with E-state index in [-0.39, 0.29) is 18.4 Å². The average molecular weight is 268 g/mol. The Labute approximate surface area is 112 Å². The van der Waals surface area contributed by atoms with Crippen LogP contribution < -0.4 is 5.48 Å². The molecule has 0 atom stereocenters. The molecule has 0 aliphatic carbocycles. The van der Waals surface area contributed by atoms with Gasteiger partial charge >= 0.3 is 5.97 Å². The van der Waals surface area contributed by atoms with Crippen LogP contribution in [0.5, 0.6) is 0 Å². The predicted octanol–water partition coefficient (Wildman–Crippen LogP) is 1.35. The summed E-state index contributed by atoms with van der Waals surface area (Å²) < 4.78 is 6.72. The number of esters is 1. The largest absolute Gasteiger partial charge is 0.462 e. The highest BCUT2D eigenvalue weighted by atomic mass is 16.6. The van der Waals surface area contributed by atoms with Gasteiger partial charge in [-0.1, -0.05) is 0 Å². The molecule has 0 aliphatic rings. The summed E-state index contributed by atoms with van der Waals surface area (Å²) in [5, 5.41) is 0. The van der Waals surface area contributed by atoms with Gasteiger partial charge in [0.15, 0.2) is 0 Å². The number of rotatable bonds is 6. The lowest BCUT2D eigenvalue weighted by atomic mass is 10.2. The molecule has 0 fully saturated rings. The van der Waals surface area contributed by atoms with Crippen molar-refractivity contribution in [2.75, 3.05) is 13.2 Å². The van der Waals surface area contributed by atoms with Crippen LogP contribution in [0.25, 0.3) is 0 Å². The Bertz CT molecular complexity index is 465. The van der Waals surface area contributed by atoms with E-state index in [0.29, 0.717) is 24.5 Å². The van der Waals surface area contributed by atoms with Gasteiger partial charge in [0.2, 0.25) is 0 Å². The first-order valence-electron chi connectivity index (χ1n) is 6.25. The van der Waals surface area contributed by atoms with E-state index < -0.39 is 0 Å². The number of hydrogen-bond donors (Lipinski definition) is 1. The van der Waals surface area contributed by atoms with Crippen molar-refractivity contribution in [3.63, 3.8) is 0 Å². The maximum Gasteiger partial charge on any atom is 0.339 e. The van der Waals surface area contributed by atoms with Crippen LogP contribution in [0.3, 0.4) is 0 Å². The van der Waals surface area contributed by atoms with Crippen molar-refractivity contribution in [1.29, 1.82) is 0 Å². The van der Waals surface area contributed by atoms with Crippen molar-refractivity contribution in [2.45, 2.75) is 34.2 Å². The second-order valence-electron chi connectivity index (χ2n) is 4.05. The number of amides is 1. The van der Waals surface area contributed by atoms with Crippen molar-refractivity contribution in [1.82, 2.24) is 10.0 Å². The van der Waals surface area contributed by atoms with E-state index in [9.17, 15) is 9.59 Å². The molecular weight excluding hydrogens is 248 g/mol. The van der Waals surface area contributed by atoms with Crippen LogP contribution in [-0.4, -0.2) is 29.7 Å². The fourth-order valence-corrected chi connectivity index (χ4v) is 1.79. The molecule has 6 nitrogen and oxygen atoms in total. The lowest BCUT2D eigenvalue weighted by Gasteiger charge is -2.09. The molecule has 1 aromatic rings. The third-order valence-electron chi connectivity index (χ3n) is 2.70. The smallest absolute Gasteiger partial charge is 0.339 e. The summed E-state index contributed by atoms with van der Waals surface area (Å²) in [5.74, 6) is -0.633. The van der Waals surface area contributed by atoms with Crippen molar-refractivity contribution < 1.29 is 19.2 Å². The first kappa shape index (κ1) is 15.2. The van der Waals surface area contributed by atoms with Gasteiger partial charge < -0.3 is 9.30 Å². The van der Waals surface area contributed by atoms with Gasteiger partial charge in [0.25, 0.3) is 5.91 Å². The molecule has 19 heavy (non-hydrogen) atoms. The van der Waals surface area contributed by atoms with Crippen LogP contribution in [-0.2, 0) is 20.9 Å². The van der Waals surface area contributed by atoms with Gasteiger partial charge in [-0.25, -0.2) is 10.3 Å². The molecule has 0 saturated carbocycles. The van der Waals surface area contributed by atoms with Gasteiger partial charge in [-0.15, -0.1) is 0 Å². The van der Waals surface area contributed by atoms with E-state index >= 15 is 0 Å².